The topological polar surface area (TPSA) is 80.9 Å². The molecule has 0 amide bonds. The highest BCUT2D eigenvalue weighted by molar-refractivity contribution is 5.61. The normalized spacial score (nSPS) is 19.9. The van der Waals surface area contributed by atoms with Gasteiger partial charge in [-0.15, -0.1) is 0 Å². The van der Waals surface area contributed by atoms with Crippen molar-refractivity contribution in [3.8, 4) is 23.0 Å². The van der Waals surface area contributed by atoms with Crippen LogP contribution in [0.1, 0.15) is 68.9 Å². The van der Waals surface area contributed by atoms with Crippen molar-refractivity contribution >= 4 is 0 Å². The molecule has 0 aromatic heterocycles. The van der Waals surface area contributed by atoms with Crippen LogP contribution in [-0.4, -0.2) is 20.4 Å². The van der Waals surface area contributed by atoms with E-state index in [2.05, 4.69) is 20.8 Å². The molecule has 1 aliphatic carbocycles. The summed E-state index contributed by atoms with van der Waals surface area (Å²) in [7, 11) is 0. The van der Waals surface area contributed by atoms with Gasteiger partial charge < -0.3 is 20.4 Å². The molecule has 0 spiro atoms. The molecule has 0 radical (unpaired) electrons. The lowest BCUT2D eigenvalue weighted by molar-refractivity contribution is 0.393. The van der Waals surface area contributed by atoms with Crippen LogP contribution < -0.4 is 0 Å². The van der Waals surface area contributed by atoms with Crippen LogP contribution >= 0.6 is 0 Å². The lowest BCUT2D eigenvalue weighted by atomic mass is 9.71. The molecule has 0 heterocycles. The Morgan fingerprint density at radius 1 is 0.677 bits per heavy atom. The van der Waals surface area contributed by atoms with Crippen LogP contribution in [0.2, 0.25) is 0 Å². The van der Waals surface area contributed by atoms with Crippen molar-refractivity contribution in [2.24, 2.45) is 0 Å². The summed E-state index contributed by atoms with van der Waals surface area (Å²) in [5, 5.41) is 41.6. The molecule has 0 saturated heterocycles. The minimum Gasteiger partial charge on any atom is -0.508 e. The first-order valence-corrected chi connectivity index (χ1v) is 10.6. The van der Waals surface area contributed by atoms with Gasteiger partial charge in [-0.1, -0.05) is 52.8 Å². The third-order valence-corrected chi connectivity index (χ3v) is 7.09. The number of hydrogen-bond acceptors (Lipinski definition) is 4. The summed E-state index contributed by atoms with van der Waals surface area (Å²) < 4.78 is 0. The summed E-state index contributed by atoms with van der Waals surface area (Å²) >= 11 is 0. The zero-order valence-corrected chi connectivity index (χ0v) is 18.7. The molecule has 0 saturated carbocycles. The van der Waals surface area contributed by atoms with Crippen molar-refractivity contribution < 1.29 is 20.4 Å². The van der Waals surface area contributed by atoms with Crippen molar-refractivity contribution in [2.75, 3.05) is 0 Å². The van der Waals surface area contributed by atoms with Gasteiger partial charge in [-0.05, 0) is 58.9 Å². The fourth-order valence-electron chi connectivity index (χ4n) is 5.45. The molecule has 162 valence electrons. The minimum absolute atomic E-state index is 0.0244. The SMILES string of the molecule is CC1(C)CC(C)(c2cc(C(C)(C)c3ccc(O)cc3)c(O)cc2O)c2cc(O)ccc21. The number of phenolic OH excluding ortho intramolecular Hbond substituents is 4. The number of benzene rings is 3. The van der Waals surface area contributed by atoms with E-state index in [1.165, 1.54) is 6.07 Å². The Morgan fingerprint density at radius 2 is 1.29 bits per heavy atom. The molecule has 4 nitrogen and oxygen atoms in total. The lowest BCUT2D eigenvalue weighted by Crippen LogP contribution is -2.25. The maximum Gasteiger partial charge on any atom is 0.123 e. The van der Waals surface area contributed by atoms with E-state index in [9.17, 15) is 20.4 Å². The predicted molar refractivity (Wildman–Crippen MR) is 122 cm³/mol. The number of rotatable bonds is 3. The van der Waals surface area contributed by atoms with Gasteiger partial charge in [0, 0.05) is 28.0 Å². The predicted octanol–water partition coefficient (Wildman–Crippen LogP) is 5.82. The first-order valence-electron chi connectivity index (χ1n) is 10.6. The molecule has 4 rings (SSSR count). The van der Waals surface area contributed by atoms with Gasteiger partial charge in [-0.2, -0.15) is 0 Å². The van der Waals surface area contributed by atoms with Crippen LogP contribution in [-0.2, 0) is 16.2 Å². The molecular weight excluding hydrogens is 388 g/mol. The molecule has 1 atom stereocenters. The summed E-state index contributed by atoms with van der Waals surface area (Å²) in [6, 6.07) is 15.7. The molecule has 4 heteroatoms. The number of hydrogen-bond donors (Lipinski definition) is 4. The number of phenols is 4. The van der Waals surface area contributed by atoms with Gasteiger partial charge in [0.05, 0.1) is 0 Å². The van der Waals surface area contributed by atoms with E-state index in [1.54, 1.807) is 24.3 Å². The van der Waals surface area contributed by atoms with E-state index in [1.807, 2.05) is 38.1 Å². The second kappa shape index (κ2) is 6.68. The van der Waals surface area contributed by atoms with Crippen LogP contribution in [0.15, 0.2) is 54.6 Å². The Balaban J connectivity index is 1.92. The Hall–Kier alpha value is -3.14. The summed E-state index contributed by atoms with van der Waals surface area (Å²) in [5.74, 6) is 0.450. The monoisotopic (exact) mass is 418 g/mol. The lowest BCUT2D eigenvalue weighted by Gasteiger charge is -2.33. The summed E-state index contributed by atoms with van der Waals surface area (Å²) in [4.78, 5) is 0. The largest absolute Gasteiger partial charge is 0.508 e. The third kappa shape index (κ3) is 3.21. The molecule has 1 unspecified atom stereocenters. The van der Waals surface area contributed by atoms with E-state index in [0.717, 1.165) is 28.7 Å². The Bertz CT molecular complexity index is 1160. The fraction of sp³-hybridized carbons (Fsp3) is 0.333. The average molecular weight is 419 g/mol. The van der Waals surface area contributed by atoms with Gasteiger partial charge in [-0.3, -0.25) is 0 Å². The molecular formula is C27H30O4. The third-order valence-electron chi connectivity index (χ3n) is 7.09. The standard InChI is InChI=1S/C27H30O4/c1-25(2)15-27(5,20-12-18(29)10-11-19(20)25)22-13-21(23(30)14-24(22)31)26(3,4)16-6-8-17(28)9-7-16/h6-14,28-31H,15H2,1-5H3. The van der Waals surface area contributed by atoms with Gasteiger partial charge in [0.1, 0.15) is 23.0 Å². The maximum absolute atomic E-state index is 10.9. The molecule has 3 aromatic rings. The van der Waals surface area contributed by atoms with Crippen molar-refractivity contribution in [3.05, 3.63) is 82.4 Å². The maximum atomic E-state index is 10.9. The van der Waals surface area contributed by atoms with Gasteiger partial charge in [-0.25, -0.2) is 0 Å². The first-order chi connectivity index (χ1) is 14.4. The Morgan fingerprint density at radius 3 is 1.94 bits per heavy atom. The number of aromatic hydroxyl groups is 4. The molecule has 4 N–H and O–H groups in total. The van der Waals surface area contributed by atoms with E-state index >= 15 is 0 Å². The van der Waals surface area contributed by atoms with Gasteiger partial charge >= 0.3 is 0 Å². The minimum atomic E-state index is -0.563. The van der Waals surface area contributed by atoms with Gasteiger partial charge in [0.25, 0.3) is 0 Å². The van der Waals surface area contributed by atoms with Crippen LogP contribution in [0.3, 0.4) is 0 Å². The number of fused-ring (bicyclic) bond motifs is 1. The van der Waals surface area contributed by atoms with Crippen LogP contribution in [0, 0.1) is 0 Å². The van der Waals surface area contributed by atoms with E-state index in [0.29, 0.717) is 5.56 Å². The molecule has 1 aliphatic rings. The van der Waals surface area contributed by atoms with Gasteiger partial charge in [0.15, 0.2) is 0 Å². The van der Waals surface area contributed by atoms with E-state index in [-0.39, 0.29) is 28.4 Å². The van der Waals surface area contributed by atoms with Crippen molar-refractivity contribution in [3.63, 3.8) is 0 Å². The fourth-order valence-corrected chi connectivity index (χ4v) is 5.45. The van der Waals surface area contributed by atoms with Crippen LogP contribution in [0.4, 0.5) is 0 Å². The zero-order chi connectivity index (χ0) is 22.8. The highest BCUT2D eigenvalue weighted by Crippen LogP contribution is 2.56. The van der Waals surface area contributed by atoms with Crippen LogP contribution in [0.5, 0.6) is 23.0 Å². The Labute approximate surface area is 183 Å². The summed E-state index contributed by atoms with van der Waals surface area (Å²) in [5.41, 5.74) is 3.28. The van der Waals surface area contributed by atoms with Gasteiger partial charge in [0.2, 0.25) is 0 Å². The van der Waals surface area contributed by atoms with Crippen molar-refractivity contribution in [2.45, 2.75) is 57.3 Å². The Kier molecular flexibility index (Phi) is 4.55. The van der Waals surface area contributed by atoms with E-state index in [4.69, 9.17) is 0 Å². The molecule has 0 fully saturated rings. The van der Waals surface area contributed by atoms with Crippen molar-refractivity contribution in [1.29, 1.82) is 0 Å². The molecule has 3 aromatic carbocycles. The quantitative estimate of drug-likeness (QED) is 0.432. The van der Waals surface area contributed by atoms with E-state index < -0.39 is 10.8 Å². The summed E-state index contributed by atoms with van der Waals surface area (Å²) in [6.45, 7) is 10.5. The highest BCUT2D eigenvalue weighted by Gasteiger charge is 2.47. The molecule has 31 heavy (non-hydrogen) atoms. The smallest absolute Gasteiger partial charge is 0.123 e. The highest BCUT2D eigenvalue weighted by atomic mass is 16.3. The first kappa shape index (κ1) is 21.1. The molecule has 0 aliphatic heterocycles. The zero-order valence-electron chi connectivity index (χ0n) is 18.7. The second-order valence-corrected chi connectivity index (χ2v) is 10.2. The second-order valence-electron chi connectivity index (χ2n) is 10.2. The summed E-state index contributed by atoms with van der Waals surface area (Å²) in [6.07, 6.45) is 0.760. The van der Waals surface area contributed by atoms with Crippen molar-refractivity contribution in [1.82, 2.24) is 0 Å². The molecule has 0 bridgehead atoms. The average Bonchev–Trinajstić information content (AvgIpc) is 2.87. The van der Waals surface area contributed by atoms with Crippen LogP contribution in [0.25, 0.3) is 0 Å².